The molecule has 0 saturated heterocycles. The minimum Gasteiger partial charge on any atom is -0.395 e. The van der Waals surface area contributed by atoms with E-state index in [1.165, 1.54) is 0 Å². The average molecular weight is 295 g/mol. The first kappa shape index (κ1) is 12.9. The molecule has 15 heavy (non-hydrogen) atoms. The summed E-state index contributed by atoms with van der Waals surface area (Å²) in [5.41, 5.74) is 0.937. The van der Waals surface area contributed by atoms with Crippen LogP contribution < -0.4 is 5.32 Å². The highest BCUT2D eigenvalue weighted by Gasteiger charge is 2.06. The summed E-state index contributed by atoms with van der Waals surface area (Å²) in [6.07, 6.45) is 0. The van der Waals surface area contributed by atoms with Gasteiger partial charge >= 0.3 is 0 Å². The van der Waals surface area contributed by atoms with Crippen molar-refractivity contribution in [3.05, 3.63) is 33.3 Å². The highest BCUT2D eigenvalue weighted by molar-refractivity contribution is 9.10. The second-order valence-electron chi connectivity index (χ2n) is 3.18. The summed E-state index contributed by atoms with van der Waals surface area (Å²) in [7, 11) is 0. The van der Waals surface area contributed by atoms with Crippen LogP contribution in [-0.2, 0) is 6.54 Å². The molecule has 3 N–H and O–H groups in total. The zero-order chi connectivity index (χ0) is 11.3. The van der Waals surface area contributed by atoms with E-state index < -0.39 is 0 Å². The molecule has 0 aromatic heterocycles. The molecule has 1 rings (SSSR count). The van der Waals surface area contributed by atoms with Crippen LogP contribution in [0.25, 0.3) is 0 Å². The minimum absolute atomic E-state index is 0.0926. The Hall–Kier alpha value is -0.130. The molecule has 0 radical (unpaired) electrons. The van der Waals surface area contributed by atoms with Crippen LogP contribution in [0, 0.1) is 0 Å². The number of rotatable bonds is 5. The molecule has 5 heteroatoms. The molecule has 0 aliphatic rings. The number of nitrogens with one attached hydrogen (secondary N) is 1. The van der Waals surface area contributed by atoms with Crippen molar-refractivity contribution in [2.75, 3.05) is 13.2 Å². The molecule has 0 saturated carbocycles. The van der Waals surface area contributed by atoms with E-state index in [1.54, 1.807) is 0 Å². The van der Waals surface area contributed by atoms with Gasteiger partial charge in [0.05, 0.1) is 19.3 Å². The molecular weight excluding hydrogens is 281 g/mol. The third-order valence-electron chi connectivity index (χ3n) is 2.04. The summed E-state index contributed by atoms with van der Waals surface area (Å²) in [5.74, 6) is 0. The van der Waals surface area contributed by atoms with E-state index in [0.29, 0.717) is 11.6 Å². The van der Waals surface area contributed by atoms with E-state index >= 15 is 0 Å². The molecule has 0 spiro atoms. The fraction of sp³-hybridized carbons (Fsp3) is 0.400. The number of hydrogen-bond acceptors (Lipinski definition) is 3. The SMILES string of the molecule is OCC(CO)NCc1ccc(Br)cc1Cl. The zero-order valence-electron chi connectivity index (χ0n) is 8.08. The normalized spacial score (nSPS) is 11.0. The quantitative estimate of drug-likeness (QED) is 0.772. The van der Waals surface area contributed by atoms with Crippen LogP contribution in [0.5, 0.6) is 0 Å². The van der Waals surface area contributed by atoms with Gasteiger partial charge in [0.25, 0.3) is 0 Å². The molecule has 0 fully saturated rings. The summed E-state index contributed by atoms with van der Waals surface area (Å²) < 4.78 is 0.928. The lowest BCUT2D eigenvalue weighted by atomic mass is 10.2. The van der Waals surface area contributed by atoms with Crippen molar-refractivity contribution < 1.29 is 10.2 Å². The smallest absolute Gasteiger partial charge is 0.0607 e. The predicted molar refractivity (Wildman–Crippen MR) is 64.0 cm³/mol. The Morgan fingerprint density at radius 2 is 2.00 bits per heavy atom. The average Bonchev–Trinajstić information content (AvgIpc) is 2.22. The zero-order valence-corrected chi connectivity index (χ0v) is 10.4. The molecule has 0 atom stereocenters. The third kappa shape index (κ3) is 4.09. The molecule has 0 amide bonds. The number of benzene rings is 1. The van der Waals surface area contributed by atoms with Crippen molar-refractivity contribution in [1.29, 1.82) is 0 Å². The summed E-state index contributed by atoms with van der Waals surface area (Å²) in [5, 5.41) is 21.4. The summed E-state index contributed by atoms with van der Waals surface area (Å²) in [6.45, 7) is 0.340. The fourth-order valence-corrected chi connectivity index (χ4v) is 1.85. The largest absolute Gasteiger partial charge is 0.395 e. The maximum atomic E-state index is 8.85. The molecule has 1 aromatic rings. The summed E-state index contributed by atoms with van der Waals surface area (Å²) in [4.78, 5) is 0. The summed E-state index contributed by atoms with van der Waals surface area (Å²) in [6, 6.07) is 5.30. The van der Waals surface area contributed by atoms with Gasteiger partial charge in [-0.05, 0) is 17.7 Å². The van der Waals surface area contributed by atoms with Crippen LogP contribution in [0.4, 0.5) is 0 Å². The molecule has 0 bridgehead atoms. The standard InChI is InChI=1S/C10H13BrClNO2/c11-8-2-1-7(10(12)3-8)4-13-9(5-14)6-15/h1-3,9,13-15H,4-6H2. The van der Waals surface area contributed by atoms with Crippen molar-refractivity contribution in [2.24, 2.45) is 0 Å². The van der Waals surface area contributed by atoms with Crippen molar-refractivity contribution in [3.8, 4) is 0 Å². The third-order valence-corrected chi connectivity index (χ3v) is 2.88. The van der Waals surface area contributed by atoms with E-state index in [9.17, 15) is 0 Å². The summed E-state index contributed by atoms with van der Waals surface area (Å²) >= 11 is 9.32. The predicted octanol–water partition coefficient (Wildman–Crippen LogP) is 1.55. The Morgan fingerprint density at radius 3 is 2.53 bits per heavy atom. The van der Waals surface area contributed by atoms with Crippen LogP contribution in [0.2, 0.25) is 5.02 Å². The van der Waals surface area contributed by atoms with E-state index in [0.717, 1.165) is 10.0 Å². The number of aliphatic hydroxyl groups excluding tert-OH is 2. The number of aliphatic hydroxyl groups is 2. The van der Waals surface area contributed by atoms with Gasteiger partial charge in [-0.2, -0.15) is 0 Å². The fourth-order valence-electron chi connectivity index (χ4n) is 1.11. The van der Waals surface area contributed by atoms with Crippen molar-refractivity contribution >= 4 is 27.5 Å². The molecule has 0 heterocycles. The van der Waals surface area contributed by atoms with Gasteiger partial charge in [-0.1, -0.05) is 33.6 Å². The lowest BCUT2D eigenvalue weighted by Crippen LogP contribution is -2.35. The van der Waals surface area contributed by atoms with Gasteiger partial charge in [0.2, 0.25) is 0 Å². The van der Waals surface area contributed by atoms with E-state index in [4.69, 9.17) is 21.8 Å². The first-order valence-electron chi connectivity index (χ1n) is 4.56. The van der Waals surface area contributed by atoms with Gasteiger partial charge in [-0.25, -0.2) is 0 Å². The highest BCUT2D eigenvalue weighted by atomic mass is 79.9. The molecule has 0 aliphatic heterocycles. The maximum Gasteiger partial charge on any atom is 0.0607 e. The Kier molecular flexibility index (Phi) is 5.56. The highest BCUT2D eigenvalue weighted by Crippen LogP contribution is 2.21. The topological polar surface area (TPSA) is 52.5 Å². The van der Waals surface area contributed by atoms with Crippen LogP contribution in [-0.4, -0.2) is 29.5 Å². The first-order valence-corrected chi connectivity index (χ1v) is 5.73. The van der Waals surface area contributed by atoms with Crippen LogP contribution >= 0.6 is 27.5 Å². The molecule has 3 nitrogen and oxygen atoms in total. The Labute approximate surface area is 102 Å². The molecule has 0 unspecified atom stereocenters. The molecule has 0 aliphatic carbocycles. The Bertz CT molecular complexity index is 318. The van der Waals surface area contributed by atoms with E-state index in [-0.39, 0.29) is 19.3 Å². The van der Waals surface area contributed by atoms with Gasteiger partial charge < -0.3 is 15.5 Å². The van der Waals surface area contributed by atoms with Crippen LogP contribution in [0.1, 0.15) is 5.56 Å². The number of halogens is 2. The van der Waals surface area contributed by atoms with E-state index in [2.05, 4.69) is 21.2 Å². The molecule has 1 aromatic carbocycles. The lowest BCUT2D eigenvalue weighted by molar-refractivity contribution is 0.170. The monoisotopic (exact) mass is 293 g/mol. The van der Waals surface area contributed by atoms with Gasteiger partial charge in [-0.3, -0.25) is 0 Å². The van der Waals surface area contributed by atoms with Crippen LogP contribution in [0.3, 0.4) is 0 Å². The molecule has 84 valence electrons. The number of hydrogen-bond donors (Lipinski definition) is 3. The van der Waals surface area contributed by atoms with E-state index in [1.807, 2.05) is 18.2 Å². The van der Waals surface area contributed by atoms with Crippen LogP contribution in [0.15, 0.2) is 22.7 Å². The first-order chi connectivity index (χ1) is 7.17. The Morgan fingerprint density at radius 1 is 1.33 bits per heavy atom. The second-order valence-corrected chi connectivity index (χ2v) is 4.50. The van der Waals surface area contributed by atoms with Crippen molar-refractivity contribution in [3.63, 3.8) is 0 Å². The van der Waals surface area contributed by atoms with Crippen molar-refractivity contribution in [1.82, 2.24) is 5.32 Å². The lowest BCUT2D eigenvalue weighted by Gasteiger charge is -2.13. The maximum absolute atomic E-state index is 8.85. The minimum atomic E-state index is -0.301. The second kappa shape index (κ2) is 6.45. The van der Waals surface area contributed by atoms with Gasteiger partial charge in [-0.15, -0.1) is 0 Å². The van der Waals surface area contributed by atoms with Gasteiger partial charge in [0, 0.05) is 16.0 Å². The van der Waals surface area contributed by atoms with Gasteiger partial charge in [0.15, 0.2) is 0 Å². The Balaban J connectivity index is 2.57. The molecular formula is C10H13BrClNO2. The van der Waals surface area contributed by atoms with Crippen molar-refractivity contribution in [2.45, 2.75) is 12.6 Å². The van der Waals surface area contributed by atoms with Gasteiger partial charge in [0.1, 0.15) is 0 Å².